The lowest BCUT2D eigenvalue weighted by molar-refractivity contribution is 0.414. The number of hydrogen-bond donors (Lipinski definition) is 1. The standard InChI is InChI=1S/C16H18ClN3O/c1-21-12-8-6-11(7-9-12)10-18-15-13-4-2-3-5-14(13)19-16(17)20-15/h6-9H,2-5,10H2,1H3,(H,18,19,20). The van der Waals surface area contributed by atoms with Crippen molar-refractivity contribution in [2.75, 3.05) is 12.4 Å². The minimum Gasteiger partial charge on any atom is -0.497 e. The highest BCUT2D eigenvalue weighted by Crippen LogP contribution is 2.27. The molecular weight excluding hydrogens is 286 g/mol. The first-order valence-corrected chi connectivity index (χ1v) is 7.56. The molecule has 1 aliphatic rings. The fourth-order valence-electron chi connectivity index (χ4n) is 2.64. The van der Waals surface area contributed by atoms with Crippen LogP contribution in [0.4, 0.5) is 5.82 Å². The van der Waals surface area contributed by atoms with E-state index < -0.39 is 0 Å². The van der Waals surface area contributed by atoms with Crippen LogP contribution in [0.2, 0.25) is 5.28 Å². The molecule has 2 aromatic rings. The van der Waals surface area contributed by atoms with Gasteiger partial charge in [0.15, 0.2) is 0 Å². The first kappa shape index (κ1) is 14.1. The third-order valence-electron chi connectivity index (χ3n) is 3.77. The molecule has 0 spiro atoms. The second-order valence-electron chi connectivity index (χ2n) is 5.18. The Labute approximate surface area is 129 Å². The number of hydrogen-bond acceptors (Lipinski definition) is 4. The molecule has 3 rings (SSSR count). The normalized spacial score (nSPS) is 13.6. The lowest BCUT2D eigenvalue weighted by Gasteiger charge is -2.18. The van der Waals surface area contributed by atoms with Gasteiger partial charge in [-0.3, -0.25) is 0 Å². The monoisotopic (exact) mass is 303 g/mol. The Balaban J connectivity index is 1.76. The van der Waals surface area contributed by atoms with Gasteiger partial charge in [-0.05, 0) is 55.0 Å². The Hall–Kier alpha value is -1.81. The lowest BCUT2D eigenvalue weighted by atomic mass is 9.96. The van der Waals surface area contributed by atoms with Gasteiger partial charge in [0.05, 0.1) is 12.8 Å². The minimum absolute atomic E-state index is 0.327. The molecule has 0 atom stereocenters. The van der Waals surface area contributed by atoms with Crippen LogP contribution in [0.5, 0.6) is 5.75 Å². The number of halogens is 1. The summed E-state index contributed by atoms with van der Waals surface area (Å²) in [5.41, 5.74) is 3.49. The number of rotatable bonds is 4. The fraction of sp³-hybridized carbons (Fsp3) is 0.375. The molecule has 5 heteroatoms. The van der Waals surface area contributed by atoms with E-state index in [1.165, 1.54) is 24.0 Å². The molecule has 4 nitrogen and oxygen atoms in total. The second-order valence-corrected chi connectivity index (χ2v) is 5.51. The molecular formula is C16H18ClN3O. The van der Waals surface area contributed by atoms with Crippen molar-refractivity contribution in [3.05, 3.63) is 46.4 Å². The highest BCUT2D eigenvalue weighted by Gasteiger charge is 2.17. The van der Waals surface area contributed by atoms with Crippen LogP contribution in [0, 0.1) is 0 Å². The molecule has 0 saturated carbocycles. The summed E-state index contributed by atoms with van der Waals surface area (Å²) < 4.78 is 5.16. The van der Waals surface area contributed by atoms with E-state index in [0.29, 0.717) is 11.8 Å². The van der Waals surface area contributed by atoms with E-state index in [1.54, 1.807) is 7.11 Å². The molecule has 1 heterocycles. The topological polar surface area (TPSA) is 47.0 Å². The number of aryl methyl sites for hydroxylation is 1. The zero-order valence-corrected chi connectivity index (χ0v) is 12.8. The molecule has 0 saturated heterocycles. The Morgan fingerprint density at radius 2 is 1.90 bits per heavy atom. The minimum atomic E-state index is 0.327. The molecule has 1 aliphatic carbocycles. The lowest BCUT2D eigenvalue weighted by Crippen LogP contribution is -2.12. The molecule has 0 amide bonds. The van der Waals surface area contributed by atoms with Crippen LogP contribution in [0.3, 0.4) is 0 Å². The maximum Gasteiger partial charge on any atom is 0.224 e. The third-order valence-corrected chi connectivity index (χ3v) is 3.94. The zero-order chi connectivity index (χ0) is 14.7. The highest BCUT2D eigenvalue weighted by atomic mass is 35.5. The molecule has 0 radical (unpaired) electrons. The molecule has 21 heavy (non-hydrogen) atoms. The van der Waals surface area contributed by atoms with Gasteiger partial charge in [0.2, 0.25) is 5.28 Å². The summed E-state index contributed by atoms with van der Waals surface area (Å²) >= 11 is 6.02. The Morgan fingerprint density at radius 1 is 1.14 bits per heavy atom. The van der Waals surface area contributed by atoms with Gasteiger partial charge in [0, 0.05) is 12.1 Å². The van der Waals surface area contributed by atoms with Crippen LogP contribution in [-0.2, 0) is 19.4 Å². The smallest absolute Gasteiger partial charge is 0.224 e. The summed E-state index contributed by atoms with van der Waals surface area (Å²) in [6.07, 6.45) is 4.39. The number of fused-ring (bicyclic) bond motifs is 1. The summed E-state index contributed by atoms with van der Waals surface area (Å²) in [4.78, 5) is 8.70. The van der Waals surface area contributed by atoms with Crippen molar-refractivity contribution in [3.8, 4) is 5.75 Å². The number of benzene rings is 1. The molecule has 110 valence electrons. The van der Waals surface area contributed by atoms with E-state index in [-0.39, 0.29) is 0 Å². The largest absolute Gasteiger partial charge is 0.497 e. The number of nitrogens with one attached hydrogen (secondary N) is 1. The average molecular weight is 304 g/mol. The van der Waals surface area contributed by atoms with E-state index >= 15 is 0 Å². The van der Waals surface area contributed by atoms with Crippen LogP contribution in [0.25, 0.3) is 0 Å². The van der Waals surface area contributed by atoms with Gasteiger partial charge >= 0.3 is 0 Å². The van der Waals surface area contributed by atoms with Gasteiger partial charge in [0.25, 0.3) is 0 Å². The molecule has 1 aromatic carbocycles. The van der Waals surface area contributed by atoms with E-state index in [1.807, 2.05) is 24.3 Å². The predicted molar refractivity (Wildman–Crippen MR) is 84.0 cm³/mol. The van der Waals surface area contributed by atoms with Crippen LogP contribution in [0.1, 0.15) is 29.7 Å². The van der Waals surface area contributed by atoms with Crippen molar-refractivity contribution in [3.63, 3.8) is 0 Å². The Morgan fingerprint density at radius 3 is 2.67 bits per heavy atom. The van der Waals surface area contributed by atoms with Crippen LogP contribution in [0.15, 0.2) is 24.3 Å². The number of anilines is 1. The third kappa shape index (κ3) is 3.27. The molecule has 0 aliphatic heterocycles. The van der Waals surface area contributed by atoms with Crippen molar-refractivity contribution in [2.45, 2.75) is 32.2 Å². The van der Waals surface area contributed by atoms with Gasteiger partial charge in [-0.25, -0.2) is 9.97 Å². The maximum absolute atomic E-state index is 6.02. The summed E-state index contributed by atoms with van der Waals surface area (Å²) in [6.45, 7) is 0.712. The van der Waals surface area contributed by atoms with Gasteiger partial charge in [0.1, 0.15) is 11.6 Å². The van der Waals surface area contributed by atoms with Gasteiger partial charge in [-0.15, -0.1) is 0 Å². The number of aromatic nitrogens is 2. The Kier molecular flexibility index (Phi) is 4.25. The van der Waals surface area contributed by atoms with Gasteiger partial charge < -0.3 is 10.1 Å². The first-order chi connectivity index (χ1) is 10.3. The van der Waals surface area contributed by atoms with Gasteiger partial charge in [-0.2, -0.15) is 0 Å². The molecule has 0 bridgehead atoms. The summed E-state index contributed by atoms with van der Waals surface area (Å²) in [5.74, 6) is 1.74. The quantitative estimate of drug-likeness (QED) is 0.876. The van der Waals surface area contributed by atoms with Crippen LogP contribution < -0.4 is 10.1 Å². The van der Waals surface area contributed by atoms with Crippen LogP contribution in [-0.4, -0.2) is 17.1 Å². The van der Waals surface area contributed by atoms with Crippen molar-refractivity contribution in [2.24, 2.45) is 0 Å². The van der Waals surface area contributed by atoms with Crippen LogP contribution >= 0.6 is 11.6 Å². The predicted octanol–water partition coefficient (Wildman–Crippen LogP) is 3.63. The SMILES string of the molecule is COc1ccc(CNc2nc(Cl)nc3c2CCCC3)cc1. The second kappa shape index (κ2) is 6.31. The summed E-state index contributed by atoms with van der Waals surface area (Å²) in [6, 6.07) is 8.00. The van der Waals surface area contributed by atoms with E-state index in [4.69, 9.17) is 16.3 Å². The van der Waals surface area contributed by atoms with Crippen molar-refractivity contribution in [1.29, 1.82) is 0 Å². The van der Waals surface area contributed by atoms with Crippen molar-refractivity contribution < 1.29 is 4.74 Å². The van der Waals surface area contributed by atoms with Gasteiger partial charge in [-0.1, -0.05) is 12.1 Å². The van der Waals surface area contributed by atoms with E-state index in [2.05, 4.69) is 15.3 Å². The van der Waals surface area contributed by atoms with E-state index in [9.17, 15) is 0 Å². The molecule has 0 fully saturated rings. The molecule has 1 N–H and O–H groups in total. The summed E-state index contributed by atoms with van der Waals surface area (Å²) in [7, 11) is 1.67. The number of ether oxygens (including phenoxy) is 1. The fourth-order valence-corrected chi connectivity index (χ4v) is 2.83. The Bertz CT molecular complexity index is 628. The van der Waals surface area contributed by atoms with E-state index in [0.717, 1.165) is 30.1 Å². The first-order valence-electron chi connectivity index (χ1n) is 7.18. The van der Waals surface area contributed by atoms with Crippen molar-refractivity contribution >= 4 is 17.4 Å². The number of nitrogens with zero attached hydrogens (tertiary/aromatic N) is 2. The highest BCUT2D eigenvalue weighted by molar-refractivity contribution is 6.28. The molecule has 0 unspecified atom stereocenters. The number of methoxy groups -OCH3 is 1. The zero-order valence-electron chi connectivity index (χ0n) is 12.0. The maximum atomic E-state index is 6.02. The van der Waals surface area contributed by atoms with Crippen molar-refractivity contribution in [1.82, 2.24) is 9.97 Å². The summed E-state index contributed by atoms with van der Waals surface area (Å²) in [5, 5.41) is 3.72. The molecule has 1 aromatic heterocycles. The average Bonchev–Trinajstić information content (AvgIpc) is 2.53.